The predicted molar refractivity (Wildman–Crippen MR) is 141 cm³/mol. The molecule has 0 aliphatic carbocycles. The van der Waals surface area contributed by atoms with E-state index in [0.717, 1.165) is 80.8 Å². The molecule has 0 unspecified atom stereocenters. The van der Waals surface area contributed by atoms with Gasteiger partial charge in [0.25, 0.3) is 0 Å². The number of hydrogen-bond acceptors (Lipinski definition) is 5. The molecule has 9 heteroatoms. The number of hydrogen-bond donors (Lipinski definition) is 2. The number of ether oxygens (including phenoxy) is 2. The topological polar surface area (TPSA) is 75.9 Å². The summed E-state index contributed by atoms with van der Waals surface area (Å²) in [5.41, 5.74) is 1.14. The van der Waals surface area contributed by atoms with Crippen molar-refractivity contribution in [2.75, 3.05) is 45.8 Å². The fourth-order valence-corrected chi connectivity index (χ4v) is 3.90. The van der Waals surface area contributed by atoms with Crippen LogP contribution in [0.5, 0.6) is 11.5 Å². The molecule has 1 fully saturated rings. The third-order valence-electron chi connectivity index (χ3n) is 5.80. The molecule has 0 amide bonds. The van der Waals surface area contributed by atoms with Gasteiger partial charge in [-0.05, 0) is 32.6 Å². The lowest BCUT2D eigenvalue weighted by Gasteiger charge is -2.34. The van der Waals surface area contributed by atoms with Gasteiger partial charge in [-0.3, -0.25) is 4.99 Å². The van der Waals surface area contributed by atoms with E-state index >= 15 is 0 Å². The van der Waals surface area contributed by atoms with E-state index in [1.807, 2.05) is 32.4 Å². The van der Waals surface area contributed by atoms with Crippen LogP contribution in [0.3, 0.4) is 0 Å². The van der Waals surface area contributed by atoms with Crippen molar-refractivity contribution < 1.29 is 9.47 Å². The molecule has 8 nitrogen and oxygen atoms in total. The minimum Gasteiger partial charge on any atom is -0.497 e. The van der Waals surface area contributed by atoms with Gasteiger partial charge in [0, 0.05) is 75.5 Å². The maximum Gasteiger partial charge on any atom is 0.191 e. The predicted octanol–water partition coefficient (Wildman–Crippen LogP) is 3.44. The molecule has 0 atom stereocenters. The van der Waals surface area contributed by atoms with Gasteiger partial charge in [0.2, 0.25) is 0 Å². The molecule has 0 saturated carbocycles. The molecule has 2 heterocycles. The van der Waals surface area contributed by atoms with E-state index in [1.165, 1.54) is 0 Å². The van der Waals surface area contributed by atoms with Gasteiger partial charge in [0.05, 0.1) is 14.2 Å². The Bertz CT molecular complexity index is 827. The van der Waals surface area contributed by atoms with Crippen molar-refractivity contribution in [3.05, 3.63) is 36.4 Å². The first-order valence-corrected chi connectivity index (χ1v) is 11.1. The summed E-state index contributed by atoms with van der Waals surface area (Å²) < 4.78 is 13.0. The van der Waals surface area contributed by atoms with Crippen molar-refractivity contribution in [1.82, 2.24) is 20.2 Å². The van der Waals surface area contributed by atoms with Crippen LogP contribution in [-0.2, 0) is 6.54 Å². The van der Waals surface area contributed by atoms with Gasteiger partial charge in [-0.15, -0.1) is 24.0 Å². The number of aliphatic imine (C=N–C) groups is 1. The number of nitrogens with zero attached hydrogens (tertiary/aromatic N) is 4. The number of halogens is 1. The molecule has 1 saturated heterocycles. The molecule has 0 radical (unpaired) electrons. The first-order chi connectivity index (χ1) is 15.1. The summed E-state index contributed by atoms with van der Waals surface area (Å²) in [5.74, 6) is 3.61. The van der Waals surface area contributed by atoms with Gasteiger partial charge < -0.3 is 29.6 Å². The Morgan fingerprint density at radius 3 is 2.38 bits per heavy atom. The summed E-state index contributed by atoms with van der Waals surface area (Å²) in [6.07, 6.45) is 8.21. The SMILES string of the molecule is CN=C(NCCCCn1ccnc1C)NC1CCN(c2cc(OC)cc(OC)c2)CC1.I. The summed E-state index contributed by atoms with van der Waals surface area (Å²) in [7, 11) is 5.21. The number of guanidine groups is 1. The molecule has 2 aromatic rings. The zero-order chi connectivity index (χ0) is 22.1. The molecule has 1 aromatic heterocycles. The highest BCUT2D eigenvalue weighted by atomic mass is 127. The van der Waals surface area contributed by atoms with E-state index in [9.17, 15) is 0 Å². The second-order valence-corrected chi connectivity index (χ2v) is 7.85. The summed E-state index contributed by atoms with van der Waals surface area (Å²) >= 11 is 0. The van der Waals surface area contributed by atoms with Crippen LogP contribution in [0.25, 0.3) is 0 Å². The molecule has 178 valence electrons. The van der Waals surface area contributed by atoms with Crippen LogP contribution in [0.15, 0.2) is 35.6 Å². The van der Waals surface area contributed by atoms with Gasteiger partial charge in [0.15, 0.2) is 5.96 Å². The zero-order valence-corrected chi connectivity index (χ0v) is 22.0. The van der Waals surface area contributed by atoms with E-state index in [2.05, 4.69) is 42.2 Å². The average molecular weight is 556 g/mol. The highest BCUT2D eigenvalue weighted by molar-refractivity contribution is 14.0. The largest absolute Gasteiger partial charge is 0.497 e. The Hall–Kier alpha value is -2.17. The standard InChI is InChI=1S/C23H36N6O2.HI/c1-18-25-10-14-28(18)11-6-5-9-26-23(24-2)27-19-7-12-29(13-8-19)20-15-21(30-3)17-22(16-20)31-4;/h10,14-17,19H,5-9,11-13H2,1-4H3,(H2,24,26,27);1H. The molecule has 1 aliphatic rings. The minimum absolute atomic E-state index is 0. The second-order valence-electron chi connectivity index (χ2n) is 7.85. The highest BCUT2D eigenvalue weighted by Crippen LogP contribution is 2.30. The van der Waals surface area contributed by atoms with E-state index < -0.39 is 0 Å². The lowest BCUT2D eigenvalue weighted by Crippen LogP contribution is -2.48. The summed E-state index contributed by atoms with van der Waals surface area (Å²) in [6, 6.07) is 6.47. The summed E-state index contributed by atoms with van der Waals surface area (Å²) in [6.45, 7) is 5.92. The smallest absolute Gasteiger partial charge is 0.191 e. The average Bonchev–Trinajstić information content (AvgIpc) is 3.22. The number of aromatic nitrogens is 2. The number of anilines is 1. The maximum absolute atomic E-state index is 5.41. The second kappa shape index (κ2) is 13.4. The Labute approximate surface area is 208 Å². The third kappa shape index (κ3) is 7.46. The van der Waals surface area contributed by atoms with Crippen molar-refractivity contribution >= 4 is 35.6 Å². The quantitative estimate of drug-likeness (QED) is 0.214. The van der Waals surface area contributed by atoms with Gasteiger partial charge in [-0.1, -0.05) is 0 Å². The molecule has 2 N–H and O–H groups in total. The number of imidazole rings is 1. The molecule has 1 aromatic carbocycles. The Morgan fingerprint density at radius 2 is 1.81 bits per heavy atom. The monoisotopic (exact) mass is 556 g/mol. The maximum atomic E-state index is 5.41. The van der Waals surface area contributed by atoms with E-state index in [0.29, 0.717) is 6.04 Å². The first kappa shape index (κ1) is 26.1. The van der Waals surface area contributed by atoms with E-state index in [-0.39, 0.29) is 24.0 Å². The summed E-state index contributed by atoms with van der Waals surface area (Å²) in [4.78, 5) is 11.1. The molecule has 0 spiro atoms. The van der Waals surface area contributed by atoms with Crippen LogP contribution in [0.4, 0.5) is 5.69 Å². The van der Waals surface area contributed by atoms with Crippen molar-refractivity contribution in [2.45, 2.75) is 45.2 Å². The Balaban J connectivity index is 0.00000363. The number of unbranched alkanes of at least 4 members (excludes halogenated alkanes) is 1. The van der Waals surface area contributed by atoms with E-state index in [4.69, 9.17) is 9.47 Å². The van der Waals surface area contributed by atoms with Crippen LogP contribution in [0, 0.1) is 6.92 Å². The first-order valence-electron chi connectivity index (χ1n) is 11.1. The van der Waals surface area contributed by atoms with E-state index in [1.54, 1.807) is 14.2 Å². The van der Waals surface area contributed by atoms with Gasteiger partial charge in [0.1, 0.15) is 17.3 Å². The molecule has 32 heavy (non-hydrogen) atoms. The number of methoxy groups -OCH3 is 2. The van der Waals surface area contributed by atoms with Gasteiger partial charge in [-0.25, -0.2) is 4.98 Å². The molecule has 3 rings (SSSR count). The van der Waals surface area contributed by atoms with Crippen molar-refractivity contribution in [1.29, 1.82) is 0 Å². The normalized spacial score (nSPS) is 14.6. The third-order valence-corrected chi connectivity index (χ3v) is 5.80. The van der Waals surface area contributed by atoms with Crippen LogP contribution in [0.2, 0.25) is 0 Å². The zero-order valence-electron chi connectivity index (χ0n) is 19.6. The fraction of sp³-hybridized carbons (Fsp3) is 0.565. The number of piperidine rings is 1. The fourth-order valence-electron chi connectivity index (χ4n) is 3.90. The Kier molecular flexibility index (Phi) is 10.9. The van der Waals surface area contributed by atoms with Crippen molar-refractivity contribution in [3.8, 4) is 11.5 Å². The summed E-state index contributed by atoms with van der Waals surface area (Å²) in [5, 5.41) is 7.04. The minimum atomic E-state index is 0. The van der Waals surface area contributed by atoms with Crippen LogP contribution in [0.1, 0.15) is 31.5 Å². The molecule has 1 aliphatic heterocycles. The molecular weight excluding hydrogens is 519 g/mol. The number of benzene rings is 1. The lowest BCUT2D eigenvalue weighted by molar-refractivity contribution is 0.393. The lowest BCUT2D eigenvalue weighted by atomic mass is 10.0. The van der Waals surface area contributed by atoms with Crippen LogP contribution < -0.4 is 25.0 Å². The number of nitrogens with one attached hydrogen (secondary N) is 2. The molecule has 0 bridgehead atoms. The van der Waals surface area contributed by atoms with Crippen LogP contribution in [-0.4, -0.2) is 62.5 Å². The highest BCUT2D eigenvalue weighted by Gasteiger charge is 2.21. The van der Waals surface area contributed by atoms with Crippen LogP contribution >= 0.6 is 24.0 Å². The number of aryl methyl sites for hydroxylation is 2. The van der Waals surface area contributed by atoms with Crippen molar-refractivity contribution in [3.63, 3.8) is 0 Å². The van der Waals surface area contributed by atoms with Gasteiger partial charge in [-0.2, -0.15) is 0 Å². The molecular formula is C23H37IN6O2. The Morgan fingerprint density at radius 1 is 1.12 bits per heavy atom. The van der Waals surface area contributed by atoms with Gasteiger partial charge >= 0.3 is 0 Å². The number of rotatable bonds is 9. The van der Waals surface area contributed by atoms with Crippen molar-refractivity contribution in [2.24, 2.45) is 4.99 Å².